The highest BCUT2D eigenvalue weighted by Gasteiger charge is 2.36. The minimum atomic E-state index is -3.43. The SMILES string of the molecule is COC1CCc2c([C@H]3CC[C@@H](O)c4cc(F)cc(C#N)c43)ccc(S(C)(=O)=O)c21. The second kappa shape index (κ2) is 7.21. The number of benzene rings is 2. The first kappa shape index (κ1) is 20.0. The van der Waals surface area contributed by atoms with Crippen LogP contribution in [0.25, 0.3) is 0 Å². The van der Waals surface area contributed by atoms with E-state index in [2.05, 4.69) is 6.07 Å². The Balaban J connectivity index is 1.96. The lowest BCUT2D eigenvalue weighted by atomic mass is 9.74. The van der Waals surface area contributed by atoms with Gasteiger partial charge in [-0.25, -0.2) is 12.8 Å². The van der Waals surface area contributed by atoms with E-state index >= 15 is 0 Å². The average Bonchev–Trinajstić information content (AvgIpc) is 3.11. The molecule has 7 heteroatoms. The van der Waals surface area contributed by atoms with Gasteiger partial charge in [0.15, 0.2) is 9.84 Å². The fourth-order valence-electron chi connectivity index (χ4n) is 4.93. The van der Waals surface area contributed by atoms with Gasteiger partial charge in [-0.1, -0.05) is 6.07 Å². The van der Waals surface area contributed by atoms with E-state index in [4.69, 9.17) is 4.74 Å². The summed E-state index contributed by atoms with van der Waals surface area (Å²) in [4.78, 5) is 0.274. The first-order chi connectivity index (χ1) is 13.8. The van der Waals surface area contributed by atoms with Crippen LogP contribution >= 0.6 is 0 Å². The predicted octanol–water partition coefficient (Wildman–Crippen LogP) is 3.69. The summed E-state index contributed by atoms with van der Waals surface area (Å²) >= 11 is 0. The lowest BCUT2D eigenvalue weighted by Gasteiger charge is -2.32. The Morgan fingerprint density at radius 1 is 1.17 bits per heavy atom. The molecule has 0 radical (unpaired) electrons. The molecule has 0 spiro atoms. The number of hydrogen-bond donors (Lipinski definition) is 1. The highest BCUT2D eigenvalue weighted by atomic mass is 32.2. The first-order valence-corrected chi connectivity index (χ1v) is 11.5. The lowest BCUT2D eigenvalue weighted by molar-refractivity contribution is 0.103. The van der Waals surface area contributed by atoms with Crippen LogP contribution in [0.4, 0.5) is 4.39 Å². The molecule has 3 atom stereocenters. The second-order valence-electron chi connectivity index (χ2n) is 7.79. The van der Waals surface area contributed by atoms with Crippen molar-refractivity contribution in [1.29, 1.82) is 5.26 Å². The number of fused-ring (bicyclic) bond motifs is 2. The summed E-state index contributed by atoms with van der Waals surface area (Å²) in [7, 11) is -1.86. The van der Waals surface area contributed by atoms with Crippen molar-refractivity contribution in [3.8, 4) is 6.07 Å². The number of nitrogens with zero attached hydrogens (tertiary/aromatic N) is 1. The Labute approximate surface area is 169 Å². The van der Waals surface area contributed by atoms with Gasteiger partial charge in [0.1, 0.15) is 5.82 Å². The molecule has 0 saturated carbocycles. The lowest BCUT2D eigenvalue weighted by Crippen LogP contribution is -2.19. The van der Waals surface area contributed by atoms with Gasteiger partial charge in [0.2, 0.25) is 0 Å². The van der Waals surface area contributed by atoms with Crippen LogP contribution in [-0.4, -0.2) is 26.9 Å². The Morgan fingerprint density at radius 2 is 1.93 bits per heavy atom. The molecular formula is C22H22FNO4S. The number of hydrogen-bond acceptors (Lipinski definition) is 5. The minimum absolute atomic E-state index is 0.207. The molecule has 29 heavy (non-hydrogen) atoms. The van der Waals surface area contributed by atoms with E-state index in [1.165, 1.54) is 18.4 Å². The average molecular weight is 415 g/mol. The monoisotopic (exact) mass is 415 g/mol. The number of methoxy groups -OCH3 is 1. The van der Waals surface area contributed by atoms with E-state index < -0.39 is 21.8 Å². The fourth-order valence-corrected chi connectivity index (χ4v) is 5.90. The van der Waals surface area contributed by atoms with Gasteiger partial charge >= 0.3 is 0 Å². The van der Waals surface area contributed by atoms with Gasteiger partial charge in [-0.15, -0.1) is 0 Å². The molecule has 0 bridgehead atoms. The Bertz CT molecular complexity index is 1140. The first-order valence-electron chi connectivity index (χ1n) is 9.56. The largest absolute Gasteiger partial charge is 0.388 e. The molecule has 0 saturated heterocycles. The van der Waals surface area contributed by atoms with Crippen LogP contribution in [0.2, 0.25) is 0 Å². The van der Waals surface area contributed by atoms with Gasteiger partial charge < -0.3 is 9.84 Å². The molecular weight excluding hydrogens is 393 g/mol. The summed E-state index contributed by atoms with van der Waals surface area (Å²) in [6.07, 6.45) is 2.47. The van der Waals surface area contributed by atoms with Crippen molar-refractivity contribution < 1.29 is 22.7 Å². The molecule has 0 aromatic heterocycles. The summed E-state index contributed by atoms with van der Waals surface area (Å²) < 4.78 is 44.3. The molecule has 0 amide bonds. The number of ether oxygens (including phenoxy) is 1. The van der Waals surface area contributed by atoms with Gasteiger partial charge in [-0.2, -0.15) is 5.26 Å². The van der Waals surface area contributed by atoms with E-state index in [1.807, 2.05) is 6.07 Å². The zero-order chi connectivity index (χ0) is 20.9. The number of halogens is 1. The third-order valence-electron chi connectivity index (χ3n) is 6.12. The molecule has 2 aliphatic rings. The van der Waals surface area contributed by atoms with Gasteiger partial charge in [0.25, 0.3) is 0 Å². The third kappa shape index (κ3) is 3.25. The van der Waals surface area contributed by atoms with Gasteiger partial charge in [-0.3, -0.25) is 0 Å². The van der Waals surface area contributed by atoms with Crippen LogP contribution in [0.1, 0.15) is 70.8 Å². The van der Waals surface area contributed by atoms with Crippen molar-refractivity contribution >= 4 is 9.84 Å². The molecule has 1 unspecified atom stereocenters. The molecule has 0 aliphatic heterocycles. The van der Waals surface area contributed by atoms with Crippen molar-refractivity contribution in [1.82, 2.24) is 0 Å². The van der Waals surface area contributed by atoms with E-state index in [1.54, 1.807) is 13.2 Å². The second-order valence-corrected chi connectivity index (χ2v) is 9.78. The maximum atomic E-state index is 14.0. The topological polar surface area (TPSA) is 87.4 Å². The van der Waals surface area contributed by atoms with Crippen LogP contribution in [0.15, 0.2) is 29.2 Å². The molecule has 1 N–H and O–H groups in total. The summed E-state index contributed by atoms with van der Waals surface area (Å²) in [5.74, 6) is -0.751. The smallest absolute Gasteiger partial charge is 0.175 e. The minimum Gasteiger partial charge on any atom is -0.388 e. The van der Waals surface area contributed by atoms with Crippen molar-refractivity contribution in [2.75, 3.05) is 13.4 Å². The molecule has 152 valence electrons. The van der Waals surface area contributed by atoms with Crippen LogP contribution in [-0.2, 0) is 21.0 Å². The van der Waals surface area contributed by atoms with Crippen molar-refractivity contribution in [3.63, 3.8) is 0 Å². The molecule has 2 aromatic carbocycles. The number of nitriles is 1. The summed E-state index contributed by atoms with van der Waals surface area (Å²) in [6, 6.07) is 7.99. The zero-order valence-corrected chi connectivity index (χ0v) is 17.1. The summed E-state index contributed by atoms with van der Waals surface area (Å²) in [5.41, 5.74) is 3.86. The zero-order valence-electron chi connectivity index (χ0n) is 16.3. The standard InChI is InChI=1S/C22H22FNO4S/c1-28-19-7-4-16-14(5-8-20(22(16)19)29(2,26)27)15-3-6-18(25)17-10-13(23)9-12(11-24)21(15)17/h5,8-10,15,18-19,25H,3-4,6-7H2,1-2H3/t15-,18-,19?/m1/s1. The van der Waals surface area contributed by atoms with Crippen LogP contribution in [0.3, 0.4) is 0 Å². The van der Waals surface area contributed by atoms with Crippen LogP contribution in [0, 0.1) is 17.1 Å². The molecule has 2 aliphatic carbocycles. The molecule has 5 nitrogen and oxygen atoms in total. The maximum absolute atomic E-state index is 14.0. The van der Waals surface area contributed by atoms with Gasteiger partial charge in [0, 0.05) is 24.8 Å². The third-order valence-corrected chi connectivity index (χ3v) is 7.28. The molecule has 2 aromatic rings. The highest BCUT2D eigenvalue weighted by molar-refractivity contribution is 7.90. The summed E-state index contributed by atoms with van der Waals surface area (Å²) in [5, 5.41) is 20.0. The van der Waals surface area contributed by atoms with E-state index in [0.717, 1.165) is 11.1 Å². The van der Waals surface area contributed by atoms with E-state index in [9.17, 15) is 23.2 Å². The molecule has 0 fully saturated rings. The Hall–Kier alpha value is -2.27. The van der Waals surface area contributed by atoms with Crippen LogP contribution in [0.5, 0.6) is 0 Å². The van der Waals surface area contributed by atoms with E-state index in [0.29, 0.717) is 42.4 Å². The van der Waals surface area contributed by atoms with Crippen molar-refractivity contribution in [2.24, 2.45) is 0 Å². The number of rotatable bonds is 3. The number of aliphatic hydroxyl groups is 1. The van der Waals surface area contributed by atoms with Crippen LogP contribution < -0.4 is 0 Å². The fraction of sp³-hybridized carbons (Fsp3) is 0.409. The highest BCUT2D eigenvalue weighted by Crippen LogP contribution is 2.48. The number of sulfone groups is 1. The van der Waals surface area contributed by atoms with Crippen molar-refractivity contribution in [2.45, 2.75) is 48.7 Å². The Morgan fingerprint density at radius 3 is 2.59 bits per heavy atom. The summed E-state index contributed by atoms with van der Waals surface area (Å²) in [6.45, 7) is 0. The predicted molar refractivity (Wildman–Crippen MR) is 105 cm³/mol. The maximum Gasteiger partial charge on any atom is 0.175 e. The quantitative estimate of drug-likeness (QED) is 0.826. The van der Waals surface area contributed by atoms with Gasteiger partial charge in [0.05, 0.1) is 28.7 Å². The molecule has 0 heterocycles. The van der Waals surface area contributed by atoms with Crippen molar-refractivity contribution in [3.05, 3.63) is 63.5 Å². The van der Waals surface area contributed by atoms with E-state index in [-0.39, 0.29) is 22.5 Å². The molecule has 4 rings (SSSR count). The Kier molecular flexibility index (Phi) is 4.97. The van der Waals surface area contributed by atoms with Gasteiger partial charge in [-0.05, 0) is 66.1 Å². The number of aliphatic hydroxyl groups excluding tert-OH is 1. The normalized spacial score (nSPS) is 23.3.